The van der Waals surface area contributed by atoms with Crippen molar-refractivity contribution < 1.29 is 18.8 Å². The van der Waals surface area contributed by atoms with Crippen molar-refractivity contribution >= 4 is 11.9 Å². The van der Waals surface area contributed by atoms with Gasteiger partial charge in [0.25, 0.3) is 0 Å². The third-order valence-corrected chi connectivity index (χ3v) is 6.66. The van der Waals surface area contributed by atoms with Crippen molar-refractivity contribution in [3.63, 3.8) is 0 Å². The number of piperidine rings is 1. The van der Waals surface area contributed by atoms with Gasteiger partial charge in [-0.2, -0.15) is 0 Å². The number of ether oxygens (including phenoxy) is 1. The molecule has 1 saturated carbocycles. The number of aryl methyl sites for hydroxylation is 1. The molecule has 1 saturated heterocycles. The van der Waals surface area contributed by atoms with E-state index in [1.165, 1.54) is 0 Å². The van der Waals surface area contributed by atoms with E-state index in [-0.39, 0.29) is 17.8 Å². The molecule has 1 aliphatic heterocycles. The fourth-order valence-corrected chi connectivity index (χ4v) is 4.51. The zero-order chi connectivity index (χ0) is 21.3. The van der Waals surface area contributed by atoms with Crippen LogP contribution in [0.4, 0.5) is 0 Å². The van der Waals surface area contributed by atoms with Gasteiger partial charge in [-0.3, -0.25) is 9.59 Å². The number of benzene rings is 1. The fraction of sp³-hybridized carbons (Fsp3) is 0.542. The molecule has 4 rings (SSSR count). The first-order valence-corrected chi connectivity index (χ1v) is 10.9. The van der Waals surface area contributed by atoms with E-state index < -0.39 is 5.41 Å². The summed E-state index contributed by atoms with van der Waals surface area (Å²) in [5.74, 6) is 1.37. The van der Waals surface area contributed by atoms with E-state index in [2.05, 4.69) is 12.1 Å². The molecule has 2 fully saturated rings. The lowest BCUT2D eigenvalue weighted by Gasteiger charge is -2.39. The summed E-state index contributed by atoms with van der Waals surface area (Å²) in [6, 6.07) is 9.95. The first-order chi connectivity index (χ1) is 14.4. The van der Waals surface area contributed by atoms with E-state index in [1.807, 2.05) is 49.1 Å². The van der Waals surface area contributed by atoms with E-state index in [4.69, 9.17) is 9.26 Å². The maximum absolute atomic E-state index is 12.9. The summed E-state index contributed by atoms with van der Waals surface area (Å²) in [6.07, 6.45) is 2.59. The van der Waals surface area contributed by atoms with Crippen molar-refractivity contribution in [2.45, 2.75) is 46.5 Å². The van der Waals surface area contributed by atoms with Gasteiger partial charge in [0.1, 0.15) is 11.5 Å². The highest BCUT2D eigenvalue weighted by Crippen LogP contribution is 2.42. The number of likely N-dealkylation sites (tertiary alicyclic amines) is 1. The summed E-state index contributed by atoms with van der Waals surface area (Å²) in [5, 5.41) is 4.24. The van der Waals surface area contributed by atoms with E-state index in [0.717, 1.165) is 23.2 Å². The molecule has 0 unspecified atom stereocenters. The molecule has 1 amide bonds. The van der Waals surface area contributed by atoms with Crippen LogP contribution in [0.2, 0.25) is 0 Å². The Balaban J connectivity index is 1.50. The van der Waals surface area contributed by atoms with Gasteiger partial charge in [0.05, 0.1) is 12.0 Å². The van der Waals surface area contributed by atoms with Crippen LogP contribution in [0.5, 0.6) is 0 Å². The number of carbonyl (C=O) groups excluding carboxylic acids is 2. The van der Waals surface area contributed by atoms with Gasteiger partial charge in [-0.05, 0) is 44.6 Å². The summed E-state index contributed by atoms with van der Waals surface area (Å²) in [4.78, 5) is 27.5. The highest BCUT2D eigenvalue weighted by Gasteiger charge is 2.47. The molecule has 2 atom stereocenters. The second kappa shape index (κ2) is 8.25. The summed E-state index contributed by atoms with van der Waals surface area (Å²) in [6.45, 7) is 7.49. The minimum absolute atomic E-state index is 0.172. The summed E-state index contributed by atoms with van der Waals surface area (Å²) in [5.41, 5.74) is 2.25. The quantitative estimate of drug-likeness (QED) is 0.673. The van der Waals surface area contributed by atoms with Gasteiger partial charge in [0.15, 0.2) is 0 Å². The van der Waals surface area contributed by atoms with Crippen molar-refractivity contribution in [3.8, 4) is 11.3 Å². The second-order valence-electron chi connectivity index (χ2n) is 8.82. The lowest BCUT2D eigenvalue weighted by molar-refractivity contribution is -0.160. The van der Waals surface area contributed by atoms with E-state index >= 15 is 0 Å². The van der Waals surface area contributed by atoms with Crippen LogP contribution in [0.15, 0.2) is 34.9 Å². The monoisotopic (exact) mass is 410 g/mol. The number of aromatic nitrogens is 1. The van der Waals surface area contributed by atoms with Crippen LogP contribution >= 0.6 is 0 Å². The number of carbonyl (C=O) groups is 2. The van der Waals surface area contributed by atoms with Crippen LogP contribution in [-0.4, -0.2) is 41.6 Å². The van der Waals surface area contributed by atoms with Gasteiger partial charge in [-0.25, -0.2) is 0 Å². The molecule has 6 nitrogen and oxygen atoms in total. The molecule has 2 heterocycles. The van der Waals surface area contributed by atoms with Crippen LogP contribution in [0.3, 0.4) is 0 Å². The van der Waals surface area contributed by atoms with Crippen molar-refractivity contribution in [3.05, 3.63) is 41.7 Å². The molecule has 0 N–H and O–H groups in total. The Kier molecular flexibility index (Phi) is 5.67. The van der Waals surface area contributed by atoms with Crippen molar-refractivity contribution in [2.75, 3.05) is 19.7 Å². The highest BCUT2D eigenvalue weighted by molar-refractivity contribution is 5.82. The number of rotatable bonds is 6. The van der Waals surface area contributed by atoms with Crippen LogP contribution in [0.1, 0.15) is 44.4 Å². The third kappa shape index (κ3) is 4.00. The Hall–Kier alpha value is -2.63. The van der Waals surface area contributed by atoms with E-state index in [0.29, 0.717) is 50.6 Å². The minimum Gasteiger partial charge on any atom is -0.466 e. The highest BCUT2D eigenvalue weighted by atomic mass is 16.5. The molecule has 1 aromatic heterocycles. The molecule has 0 radical (unpaired) electrons. The van der Waals surface area contributed by atoms with Crippen molar-refractivity contribution in [1.82, 2.24) is 10.1 Å². The average Bonchev–Trinajstić information content (AvgIpc) is 3.30. The Morgan fingerprint density at radius 1 is 1.27 bits per heavy atom. The Morgan fingerprint density at radius 3 is 2.60 bits per heavy atom. The zero-order valence-electron chi connectivity index (χ0n) is 18.0. The number of nitrogens with zero attached hydrogens (tertiary/aromatic N) is 2. The Labute approximate surface area is 177 Å². The van der Waals surface area contributed by atoms with E-state index in [1.54, 1.807) is 0 Å². The van der Waals surface area contributed by atoms with Gasteiger partial charge in [0.2, 0.25) is 5.91 Å². The molecule has 2 aromatic rings. The van der Waals surface area contributed by atoms with Gasteiger partial charge in [-0.1, -0.05) is 36.3 Å². The smallest absolute Gasteiger partial charge is 0.312 e. The van der Waals surface area contributed by atoms with Gasteiger partial charge >= 0.3 is 5.97 Å². The molecule has 160 valence electrons. The SMILES string of the molecule is CCOC(=O)C1(Cc2cc(-c3ccccc3C)no2)CCN(C(=O)[C@@H]2C[C@@H]2C)CC1. The molecule has 30 heavy (non-hydrogen) atoms. The first-order valence-electron chi connectivity index (χ1n) is 10.9. The standard InChI is InChI=1S/C24H30N2O4/c1-4-29-23(28)24(9-11-26(12-10-24)22(27)20-13-17(20)3)15-18-14-21(25-30-18)19-8-6-5-7-16(19)2/h5-8,14,17,20H,4,9-13,15H2,1-3H3/t17-,20+/m0/s1. The molecule has 0 bridgehead atoms. The predicted octanol–water partition coefficient (Wildman–Crippen LogP) is 4.02. The van der Waals surface area contributed by atoms with Crippen LogP contribution in [-0.2, 0) is 20.7 Å². The van der Waals surface area contributed by atoms with Gasteiger partial charge < -0.3 is 14.2 Å². The second-order valence-corrected chi connectivity index (χ2v) is 8.82. The predicted molar refractivity (Wildman–Crippen MR) is 113 cm³/mol. The lowest BCUT2D eigenvalue weighted by atomic mass is 9.74. The number of amides is 1. The molecular formula is C24H30N2O4. The van der Waals surface area contributed by atoms with Crippen molar-refractivity contribution in [2.24, 2.45) is 17.3 Å². The molecule has 0 spiro atoms. The average molecular weight is 411 g/mol. The summed E-state index contributed by atoms with van der Waals surface area (Å²) >= 11 is 0. The van der Waals surface area contributed by atoms with Crippen LogP contribution < -0.4 is 0 Å². The fourth-order valence-electron chi connectivity index (χ4n) is 4.51. The van der Waals surface area contributed by atoms with Crippen molar-refractivity contribution in [1.29, 1.82) is 0 Å². The summed E-state index contributed by atoms with van der Waals surface area (Å²) < 4.78 is 11.1. The van der Waals surface area contributed by atoms with Gasteiger partial charge in [0, 0.05) is 37.1 Å². The molecule has 1 aromatic carbocycles. The number of hydrogen-bond donors (Lipinski definition) is 0. The molecule has 2 aliphatic rings. The maximum Gasteiger partial charge on any atom is 0.312 e. The Morgan fingerprint density at radius 2 is 1.97 bits per heavy atom. The van der Waals surface area contributed by atoms with E-state index in [9.17, 15) is 9.59 Å². The lowest BCUT2D eigenvalue weighted by Crippen LogP contribution is -2.48. The normalized spacial score (nSPS) is 22.6. The molecular weight excluding hydrogens is 380 g/mol. The molecule has 6 heteroatoms. The number of esters is 1. The zero-order valence-corrected chi connectivity index (χ0v) is 18.0. The Bertz CT molecular complexity index is 927. The topological polar surface area (TPSA) is 72.6 Å². The van der Waals surface area contributed by atoms with Crippen LogP contribution in [0.25, 0.3) is 11.3 Å². The molecule has 1 aliphatic carbocycles. The third-order valence-electron chi connectivity index (χ3n) is 6.66. The largest absolute Gasteiger partial charge is 0.466 e. The summed E-state index contributed by atoms with van der Waals surface area (Å²) in [7, 11) is 0. The van der Waals surface area contributed by atoms with Gasteiger partial charge in [-0.15, -0.1) is 0 Å². The van der Waals surface area contributed by atoms with Crippen LogP contribution in [0, 0.1) is 24.2 Å². The minimum atomic E-state index is -0.676. The maximum atomic E-state index is 12.9. The number of hydrogen-bond acceptors (Lipinski definition) is 5. The first kappa shape index (κ1) is 20.6.